The molecule has 0 saturated carbocycles. The SMILES string of the molecule is O=[N+]([O-])c1ccc(Oc2ccc(Cc3ccc(Oc4ccc([N+](=O)[O-])cc4[N+](=O)[O-])cc3)cc2)c([N+](=O)[O-])c1. The third-order valence-electron chi connectivity index (χ3n) is 5.41. The van der Waals surface area contributed by atoms with Crippen LogP contribution in [0.5, 0.6) is 23.0 Å². The molecular formula is C25H16N4O10. The number of nitro benzene ring substituents is 4. The molecule has 0 radical (unpaired) electrons. The van der Waals surface area contributed by atoms with Crippen LogP contribution in [0.25, 0.3) is 0 Å². The van der Waals surface area contributed by atoms with E-state index in [2.05, 4.69) is 0 Å². The van der Waals surface area contributed by atoms with Crippen molar-refractivity contribution in [1.82, 2.24) is 0 Å². The fourth-order valence-corrected chi connectivity index (χ4v) is 3.54. The number of hydrogen-bond donors (Lipinski definition) is 0. The van der Waals surface area contributed by atoms with Gasteiger partial charge in [0.15, 0.2) is 0 Å². The van der Waals surface area contributed by atoms with Gasteiger partial charge in [-0.3, -0.25) is 40.5 Å². The molecule has 0 bridgehead atoms. The molecule has 0 aliphatic rings. The van der Waals surface area contributed by atoms with Crippen molar-refractivity contribution in [1.29, 1.82) is 0 Å². The van der Waals surface area contributed by atoms with Crippen LogP contribution in [0.1, 0.15) is 11.1 Å². The zero-order valence-electron chi connectivity index (χ0n) is 19.7. The fraction of sp³-hybridized carbons (Fsp3) is 0.0400. The van der Waals surface area contributed by atoms with E-state index in [1.54, 1.807) is 48.5 Å². The molecule has 0 aliphatic heterocycles. The lowest BCUT2D eigenvalue weighted by atomic mass is 10.0. The normalized spacial score (nSPS) is 10.5. The maximum Gasteiger partial charge on any atom is 0.318 e. The Balaban J connectivity index is 1.43. The average Bonchev–Trinajstić information content (AvgIpc) is 2.90. The van der Waals surface area contributed by atoms with Crippen molar-refractivity contribution in [2.24, 2.45) is 0 Å². The Morgan fingerprint density at radius 1 is 0.487 bits per heavy atom. The largest absolute Gasteiger partial charge is 0.450 e. The van der Waals surface area contributed by atoms with E-state index in [1.165, 1.54) is 12.1 Å². The summed E-state index contributed by atoms with van der Waals surface area (Å²) in [5, 5.41) is 44.4. The predicted molar refractivity (Wildman–Crippen MR) is 135 cm³/mol. The predicted octanol–water partition coefficient (Wildman–Crippen LogP) is 6.49. The summed E-state index contributed by atoms with van der Waals surface area (Å²) in [6, 6.07) is 19.6. The molecule has 0 heterocycles. The van der Waals surface area contributed by atoms with Crippen LogP contribution < -0.4 is 9.47 Å². The van der Waals surface area contributed by atoms with Crippen LogP contribution in [0, 0.1) is 40.5 Å². The number of nitro groups is 4. The average molecular weight is 532 g/mol. The number of ether oxygens (including phenoxy) is 2. The van der Waals surface area contributed by atoms with Crippen molar-refractivity contribution in [2.45, 2.75) is 6.42 Å². The topological polar surface area (TPSA) is 191 Å². The van der Waals surface area contributed by atoms with E-state index in [9.17, 15) is 40.5 Å². The number of non-ortho nitro benzene ring substituents is 2. The standard InChI is InChI=1S/C25H16N4O10/c30-26(31)18-5-11-24(22(14-18)28(34)35)38-20-7-1-16(2-8-20)13-17-3-9-21(10-4-17)39-25-12-6-19(27(32)33)15-23(25)29(36)37/h1-12,14-15H,13H2. The van der Waals surface area contributed by atoms with Gasteiger partial charge in [-0.05, 0) is 53.9 Å². The van der Waals surface area contributed by atoms with Crippen LogP contribution in [0.15, 0.2) is 84.9 Å². The molecule has 0 atom stereocenters. The highest BCUT2D eigenvalue weighted by atomic mass is 16.6. The zero-order chi connectivity index (χ0) is 28.1. The van der Waals surface area contributed by atoms with Gasteiger partial charge in [-0.25, -0.2) is 0 Å². The molecule has 4 rings (SSSR count). The minimum atomic E-state index is -0.760. The van der Waals surface area contributed by atoms with Gasteiger partial charge in [-0.15, -0.1) is 0 Å². The Labute approximate surface area is 218 Å². The van der Waals surface area contributed by atoms with Gasteiger partial charge in [-0.1, -0.05) is 24.3 Å². The third kappa shape index (κ3) is 6.26. The number of nitrogens with zero attached hydrogens (tertiary/aromatic N) is 4. The lowest BCUT2D eigenvalue weighted by Gasteiger charge is -2.09. The van der Waals surface area contributed by atoms with Crippen molar-refractivity contribution >= 4 is 22.7 Å². The van der Waals surface area contributed by atoms with E-state index >= 15 is 0 Å². The Morgan fingerprint density at radius 2 is 0.846 bits per heavy atom. The van der Waals surface area contributed by atoms with E-state index in [0.717, 1.165) is 35.4 Å². The first-order chi connectivity index (χ1) is 18.6. The molecule has 0 spiro atoms. The van der Waals surface area contributed by atoms with Crippen LogP contribution in [-0.4, -0.2) is 19.7 Å². The summed E-state index contributed by atoms with van der Waals surface area (Å²) in [5.74, 6) is 0.317. The van der Waals surface area contributed by atoms with E-state index in [-0.39, 0.29) is 11.5 Å². The highest BCUT2D eigenvalue weighted by molar-refractivity contribution is 5.56. The molecule has 0 amide bonds. The van der Waals surface area contributed by atoms with E-state index in [0.29, 0.717) is 17.9 Å². The summed E-state index contributed by atoms with van der Waals surface area (Å²) in [4.78, 5) is 41.4. The van der Waals surface area contributed by atoms with E-state index in [4.69, 9.17) is 9.47 Å². The molecule has 0 fully saturated rings. The van der Waals surface area contributed by atoms with Crippen molar-refractivity contribution < 1.29 is 29.2 Å². The molecule has 0 N–H and O–H groups in total. The second-order valence-corrected chi connectivity index (χ2v) is 8.00. The van der Waals surface area contributed by atoms with Crippen LogP contribution in [-0.2, 0) is 6.42 Å². The molecule has 0 unspecified atom stereocenters. The monoisotopic (exact) mass is 532 g/mol. The molecule has 4 aromatic carbocycles. The quantitative estimate of drug-likeness (QED) is 0.161. The second-order valence-electron chi connectivity index (χ2n) is 8.00. The minimum absolute atomic E-state index is 0.137. The molecule has 0 saturated heterocycles. The van der Waals surface area contributed by atoms with Crippen LogP contribution in [0.2, 0.25) is 0 Å². The molecular weight excluding hydrogens is 516 g/mol. The minimum Gasteiger partial charge on any atom is -0.450 e. The van der Waals surface area contributed by atoms with Crippen molar-refractivity contribution in [3.63, 3.8) is 0 Å². The van der Waals surface area contributed by atoms with Gasteiger partial charge in [-0.2, -0.15) is 0 Å². The Kier molecular flexibility index (Phi) is 7.38. The van der Waals surface area contributed by atoms with Gasteiger partial charge < -0.3 is 9.47 Å². The van der Waals surface area contributed by atoms with E-state index in [1.807, 2.05) is 0 Å². The first kappa shape index (κ1) is 26.2. The van der Waals surface area contributed by atoms with Crippen LogP contribution >= 0.6 is 0 Å². The summed E-state index contributed by atoms with van der Waals surface area (Å²) in [5.41, 5.74) is -0.164. The van der Waals surface area contributed by atoms with Crippen LogP contribution in [0.4, 0.5) is 22.7 Å². The summed E-state index contributed by atoms with van der Waals surface area (Å²) >= 11 is 0. The highest BCUT2D eigenvalue weighted by Crippen LogP contribution is 2.36. The van der Waals surface area contributed by atoms with Crippen LogP contribution in [0.3, 0.4) is 0 Å². The lowest BCUT2D eigenvalue weighted by Crippen LogP contribution is -1.96. The summed E-state index contributed by atoms with van der Waals surface area (Å²) < 4.78 is 11.1. The molecule has 14 nitrogen and oxygen atoms in total. The van der Waals surface area contributed by atoms with Gasteiger partial charge in [0.2, 0.25) is 11.5 Å². The smallest absolute Gasteiger partial charge is 0.318 e. The Bertz CT molecular complexity index is 1470. The highest BCUT2D eigenvalue weighted by Gasteiger charge is 2.22. The van der Waals surface area contributed by atoms with Crippen molar-refractivity contribution in [3.8, 4) is 23.0 Å². The van der Waals surface area contributed by atoms with Crippen molar-refractivity contribution in [2.75, 3.05) is 0 Å². The molecule has 0 aromatic heterocycles. The van der Waals surface area contributed by atoms with Gasteiger partial charge in [0.25, 0.3) is 11.4 Å². The number of benzene rings is 4. The Morgan fingerprint density at radius 3 is 1.15 bits per heavy atom. The van der Waals surface area contributed by atoms with E-state index < -0.39 is 42.4 Å². The van der Waals surface area contributed by atoms with Gasteiger partial charge in [0.05, 0.1) is 31.8 Å². The fourth-order valence-electron chi connectivity index (χ4n) is 3.54. The number of rotatable bonds is 10. The van der Waals surface area contributed by atoms with Gasteiger partial charge in [0, 0.05) is 12.1 Å². The Hall–Kier alpha value is -5.92. The second kappa shape index (κ2) is 11.0. The molecule has 0 aliphatic carbocycles. The zero-order valence-corrected chi connectivity index (χ0v) is 19.7. The van der Waals surface area contributed by atoms with Crippen molar-refractivity contribution in [3.05, 3.63) is 137 Å². The first-order valence-corrected chi connectivity index (χ1v) is 11.0. The first-order valence-electron chi connectivity index (χ1n) is 11.0. The lowest BCUT2D eigenvalue weighted by molar-refractivity contribution is -0.394. The summed E-state index contributed by atoms with van der Waals surface area (Å²) in [6.45, 7) is 0. The molecule has 39 heavy (non-hydrogen) atoms. The summed E-state index contributed by atoms with van der Waals surface area (Å²) in [7, 11) is 0. The molecule has 14 heteroatoms. The third-order valence-corrected chi connectivity index (χ3v) is 5.41. The molecule has 4 aromatic rings. The van der Waals surface area contributed by atoms with Gasteiger partial charge >= 0.3 is 11.4 Å². The number of hydrogen-bond acceptors (Lipinski definition) is 10. The maximum atomic E-state index is 11.3. The van der Waals surface area contributed by atoms with Gasteiger partial charge in [0.1, 0.15) is 11.5 Å². The molecule has 196 valence electrons. The maximum absolute atomic E-state index is 11.3. The summed E-state index contributed by atoms with van der Waals surface area (Å²) in [6.07, 6.45) is 0.496.